The zero-order chi connectivity index (χ0) is 13.1. The lowest BCUT2D eigenvalue weighted by Gasteiger charge is -2.29. The van der Waals surface area contributed by atoms with Crippen LogP contribution >= 0.6 is 0 Å². The Morgan fingerprint density at radius 3 is 2.35 bits per heavy atom. The highest BCUT2D eigenvalue weighted by molar-refractivity contribution is 5.80. The number of piperidine rings is 1. The maximum atomic E-state index is 11.1. The van der Waals surface area contributed by atoms with Crippen LogP contribution in [-0.4, -0.2) is 56.6 Å². The topological polar surface area (TPSA) is 81.6 Å². The van der Waals surface area contributed by atoms with E-state index < -0.39 is 0 Å². The van der Waals surface area contributed by atoms with Gasteiger partial charge in [0.25, 0.3) is 0 Å². The van der Waals surface area contributed by atoms with Gasteiger partial charge in [0.1, 0.15) is 5.78 Å². The summed E-state index contributed by atoms with van der Waals surface area (Å²) in [6, 6.07) is 0.359. The minimum Gasteiger partial charge on any atom is -0.383 e. The molecule has 102 valence electrons. The van der Waals surface area contributed by atoms with Gasteiger partial charge in [-0.1, -0.05) is 6.92 Å². The van der Waals surface area contributed by atoms with Gasteiger partial charge in [-0.3, -0.25) is 9.69 Å². The molecular formula is C12H27N3O2. The molecule has 0 radical (unpaired) electrons. The summed E-state index contributed by atoms with van der Waals surface area (Å²) in [7, 11) is 1.63. The highest BCUT2D eigenvalue weighted by atomic mass is 16.5. The van der Waals surface area contributed by atoms with E-state index in [-0.39, 0.29) is 0 Å². The first-order valence-corrected chi connectivity index (χ1v) is 6.32. The molecule has 1 fully saturated rings. The molecule has 1 saturated heterocycles. The largest absolute Gasteiger partial charge is 0.383 e. The van der Waals surface area contributed by atoms with Crippen LogP contribution in [0.3, 0.4) is 0 Å². The van der Waals surface area contributed by atoms with Gasteiger partial charge >= 0.3 is 0 Å². The SMILES string of the molecule is CCC(=O)CN1CCC(N)CC1.COCCN. The summed E-state index contributed by atoms with van der Waals surface area (Å²) in [5, 5.41) is 0. The van der Waals surface area contributed by atoms with Crippen LogP contribution in [0.15, 0.2) is 0 Å². The molecule has 0 spiro atoms. The van der Waals surface area contributed by atoms with E-state index >= 15 is 0 Å². The Hall–Kier alpha value is -0.490. The monoisotopic (exact) mass is 245 g/mol. The Morgan fingerprint density at radius 1 is 1.41 bits per heavy atom. The van der Waals surface area contributed by atoms with E-state index in [9.17, 15) is 4.79 Å². The molecule has 17 heavy (non-hydrogen) atoms. The molecule has 0 aromatic heterocycles. The molecule has 0 saturated carbocycles. The first kappa shape index (κ1) is 16.5. The average molecular weight is 245 g/mol. The van der Waals surface area contributed by atoms with Crippen molar-refractivity contribution in [2.24, 2.45) is 11.5 Å². The van der Waals surface area contributed by atoms with Crippen LogP contribution in [0.1, 0.15) is 26.2 Å². The standard InChI is InChI=1S/C9H18N2O.C3H9NO/c1-2-9(12)7-11-5-3-8(10)4-6-11;1-5-3-2-4/h8H,2-7,10H2,1H3;2-4H2,1H3. The molecule has 0 aromatic rings. The zero-order valence-corrected chi connectivity index (χ0v) is 11.2. The number of Topliss-reactive ketones (excluding diaryl/α,β-unsaturated/α-hetero) is 1. The summed E-state index contributed by atoms with van der Waals surface area (Å²) in [6.45, 7) is 5.82. The number of nitrogens with two attached hydrogens (primary N) is 2. The fourth-order valence-corrected chi connectivity index (χ4v) is 1.59. The van der Waals surface area contributed by atoms with E-state index in [0.29, 0.717) is 37.9 Å². The lowest BCUT2D eigenvalue weighted by Crippen LogP contribution is -2.41. The molecule has 5 nitrogen and oxygen atoms in total. The van der Waals surface area contributed by atoms with Crippen molar-refractivity contribution in [1.29, 1.82) is 0 Å². The lowest BCUT2D eigenvalue weighted by atomic mass is 10.1. The van der Waals surface area contributed by atoms with Crippen LogP contribution in [0.2, 0.25) is 0 Å². The second-order valence-electron chi connectivity index (χ2n) is 4.29. The van der Waals surface area contributed by atoms with Gasteiger partial charge in [0.05, 0.1) is 13.2 Å². The van der Waals surface area contributed by atoms with E-state index in [1.165, 1.54) is 0 Å². The molecule has 0 bridgehead atoms. The van der Waals surface area contributed by atoms with Crippen molar-refractivity contribution < 1.29 is 9.53 Å². The highest BCUT2D eigenvalue weighted by Crippen LogP contribution is 2.07. The van der Waals surface area contributed by atoms with Gasteiger partial charge < -0.3 is 16.2 Å². The minimum absolute atomic E-state index is 0.338. The number of nitrogens with zero attached hydrogens (tertiary/aromatic N) is 1. The van der Waals surface area contributed by atoms with E-state index in [4.69, 9.17) is 11.5 Å². The summed E-state index contributed by atoms with van der Waals surface area (Å²) in [5.74, 6) is 0.338. The summed E-state index contributed by atoms with van der Waals surface area (Å²) in [5.41, 5.74) is 10.8. The maximum Gasteiger partial charge on any atom is 0.146 e. The third kappa shape index (κ3) is 9.23. The number of hydrogen-bond acceptors (Lipinski definition) is 5. The Labute approximate surface area is 104 Å². The van der Waals surface area contributed by atoms with Crippen molar-refractivity contribution in [3.8, 4) is 0 Å². The molecule has 5 heteroatoms. The van der Waals surface area contributed by atoms with Crippen molar-refractivity contribution in [2.75, 3.05) is 39.9 Å². The average Bonchev–Trinajstić information content (AvgIpc) is 2.34. The molecule has 0 aromatic carbocycles. The number of rotatable bonds is 5. The van der Waals surface area contributed by atoms with Crippen LogP contribution in [0.4, 0.5) is 0 Å². The van der Waals surface area contributed by atoms with Gasteiger partial charge in [0.2, 0.25) is 0 Å². The molecule has 0 amide bonds. The van der Waals surface area contributed by atoms with Crippen molar-refractivity contribution in [3.05, 3.63) is 0 Å². The van der Waals surface area contributed by atoms with E-state index in [0.717, 1.165) is 25.9 Å². The Morgan fingerprint density at radius 2 is 2.00 bits per heavy atom. The van der Waals surface area contributed by atoms with Gasteiger partial charge in [-0.2, -0.15) is 0 Å². The number of carbonyl (C=O) groups excluding carboxylic acids is 1. The molecule has 1 heterocycles. The first-order valence-electron chi connectivity index (χ1n) is 6.32. The molecule has 0 atom stereocenters. The third-order valence-corrected chi connectivity index (χ3v) is 2.75. The first-order chi connectivity index (χ1) is 8.13. The van der Waals surface area contributed by atoms with Crippen molar-refractivity contribution in [2.45, 2.75) is 32.2 Å². The Balaban J connectivity index is 0.000000437. The molecule has 4 N–H and O–H groups in total. The number of hydrogen-bond donors (Lipinski definition) is 2. The summed E-state index contributed by atoms with van der Waals surface area (Å²) in [6.07, 6.45) is 2.73. The van der Waals surface area contributed by atoms with Crippen molar-refractivity contribution >= 4 is 5.78 Å². The normalized spacial score (nSPS) is 17.4. The Bertz CT molecular complexity index is 190. The predicted molar refractivity (Wildman–Crippen MR) is 69.9 cm³/mol. The van der Waals surface area contributed by atoms with Crippen LogP contribution in [-0.2, 0) is 9.53 Å². The second-order valence-corrected chi connectivity index (χ2v) is 4.29. The molecule has 1 aliphatic heterocycles. The van der Waals surface area contributed by atoms with Gasteiger partial charge in [0, 0.05) is 39.2 Å². The van der Waals surface area contributed by atoms with Gasteiger partial charge in [0.15, 0.2) is 0 Å². The fraction of sp³-hybridized carbons (Fsp3) is 0.917. The smallest absolute Gasteiger partial charge is 0.146 e. The number of carbonyl (C=O) groups is 1. The van der Waals surface area contributed by atoms with Gasteiger partial charge in [-0.25, -0.2) is 0 Å². The summed E-state index contributed by atoms with van der Waals surface area (Å²) < 4.78 is 4.57. The number of methoxy groups -OCH3 is 1. The third-order valence-electron chi connectivity index (χ3n) is 2.75. The molecule has 0 unspecified atom stereocenters. The van der Waals surface area contributed by atoms with Gasteiger partial charge in [-0.15, -0.1) is 0 Å². The number of ketones is 1. The Kier molecular flexibility index (Phi) is 10.3. The zero-order valence-electron chi connectivity index (χ0n) is 11.2. The highest BCUT2D eigenvalue weighted by Gasteiger charge is 2.16. The molecule has 1 rings (SSSR count). The molecule has 1 aliphatic rings. The second kappa shape index (κ2) is 10.7. The minimum atomic E-state index is 0.338. The van der Waals surface area contributed by atoms with Crippen LogP contribution in [0.25, 0.3) is 0 Å². The fourth-order valence-electron chi connectivity index (χ4n) is 1.59. The van der Waals surface area contributed by atoms with Crippen LogP contribution < -0.4 is 11.5 Å². The van der Waals surface area contributed by atoms with E-state index in [1.807, 2.05) is 6.92 Å². The molecule has 0 aliphatic carbocycles. The summed E-state index contributed by atoms with van der Waals surface area (Å²) in [4.78, 5) is 13.3. The number of likely N-dealkylation sites (tertiary alicyclic amines) is 1. The van der Waals surface area contributed by atoms with Crippen molar-refractivity contribution in [3.63, 3.8) is 0 Å². The van der Waals surface area contributed by atoms with Crippen LogP contribution in [0, 0.1) is 0 Å². The lowest BCUT2D eigenvalue weighted by molar-refractivity contribution is -0.120. The van der Waals surface area contributed by atoms with E-state index in [2.05, 4.69) is 9.64 Å². The van der Waals surface area contributed by atoms with Crippen LogP contribution in [0.5, 0.6) is 0 Å². The maximum absolute atomic E-state index is 11.1. The summed E-state index contributed by atoms with van der Waals surface area (Å²) >= 11 is 0. The quantitative estimate of drug-likeness (QED) is 0.711. The predicted octanol–water partition coefficient (Wildman–Crippen LogP) is -0.0199. The van der Waals surface area contributed by atoms with Crippen molar-refractivity contribution in [1.82, 2.24) is 4.90 Å². The van der Waals surface area contributed by atoms with E-state index in [1.54, 1.807) is 7.11 Å². The molecular weight excluding hydrogens is 218 g/mol. The number of ether oxygens (including phenoxy) is 1. The van der Waals surface area contributed by atoms with Gasteiger partial charge in [-0.05, 0) is 12.8 Å².